The molecule has 1 aliphatic rings. The Labute approximate surface area is 203 Å². The van der Waals surface area contributed by atoms with Crippen LogP contribution in [0.5, 0.6) is 0 Å². The molecule has 35 heavy (non-hydrogen) atoms. The molecule has 0 atom stereocenters. The summed E-state index contributed by atoms with van der Waals surface area (Å²) in [7, 11) is 0. The molecule has 0 unspecified atom stereocenters. The highest BCUT2D eigenvalue weighted by molar-refractivity contribution is 5.99. The SMILES string of the molecule is CC(C)c1ccc(-c2nc(NCCN3CCOCC3)nc3nn(-c4ccc(F)cc4)c(N)c23)cc1. The van der Waals surface area contributed by atoms with Crippen molar-refractivity contribution in [3.05, 3.63) is 59.9 Å². The monoisotopic (exact) mass is 475 g/mol. The van der Waals surface area contributed by atoms with Crippen molar-refractivity contribution in [2.75, 3.05) is 50.4 Å². The van der Waals surface area contributed by atoms with Gasteiger partial charge in [-0.25, -0.2) is 14.1 Å². The molecule has 3 N–H and O–H groups in total. The molecule has 0 bridgehead atoms. The van der Waals surface area contributed by atoms with E-state index in [1.54, 1.807) is 16.8 Å². The summed E-state index contributed by atoms with van der Waals surface area (Å²) in [4.78, 5) is 11.9. The van der Waals surface area contributed by atoms with Crippen molar-refractivity contribution in [2.45, 2.75) is 19.8 Å². The zero-order valence-corrected chi connectivity index (χ0v) is 20.0. The second-order valence-electron chi connectivity index (χ2n) is 9.03. The maximum Gasteiger partial charge on any atom is 0.225 e. The molecule has 2 aromatic carbocycles. The Kier molecular flexibility index (Phi) is 6.61. The van der Waals surface area contributed by atoms with Crippen molar-refractivity contribution in [1.82, 2.24) is 24.6 Å². The van der Waals surface area contributed by atoms with Gasteiger partial charge < -0.3 is 15.8 Å². The number of fused-ring (bicyclic) bond motifs is 1. The van der Waals surface area contributed by atoms with E-state index in [0.29, 0.717) is 46.6 Å². The van der Waals surface area contributed by atoms with Crippen LogP contribution < -0.4 is 11.1 Å². The lowest BCUT2D eigenvalue weighted by atomic mass is 10.00. The number of hydrogen-bond donors (Lipinski definition) is 2. The molecule has 1 aliphatic heterocycles. The molecule has 0 saturated carbocycles. The van der Waals surface area contributed by atoms with Gasteiger partial charge in [0.25, 0.3) is 0 Å². The third-order valence-electron chi connectivity index (χ3n) is 6.31. The molecule has 9 heteroatoms. The predicted octanol–water partition coefficient (Wildman–Crippen LogP) is 4.07. The highest BCUT2D eigenvalue weighted by Crippen LogP contribution is 2.33. The molecule has 3 heterocycles. The third kappa shape index (κ3) is 4.96. The van der Waals surface area contributed by atoms with Crippen LogP contribution in [0.4, 0.5) is 16.2 Å². The Bertz CT molecular complexity index is 1300. The number of morpholine rings is 1. The first kappa shape index (κ1) is 23.2. The Morgan fingerprint density at radius 1 is 1.03 bits per heavy atom. The van der Waals surface area contributed by atoms with Gasteiger partial charge in [0.05, 0.1) is 30.0 Å². The quantitative estimate of drug-likeness (QED) is 0.416. The molecule has 1 fully saturated rings. The number of halogens is 1. The minimum absolute atomic E-state index is 0.318. The smallest absolute Gasteiger partial charge is 0.225 e. The van der Waals surface area contributed by atoms with Gasteiger partial charge in [0, 0.05) is 31.7 Å². The maximum absolute atomic E-state index is 13.5. The van der Waals surface area contributed by atoms with Gasteiger partial charge in [-0.1, -0.05) is 38.1 Å². The summed E-state index contributed by atoms with van der Waals surface area (Å²) in [5, 5.41) is 8.68. The Hall–Kier alpha value is -3.56. The fraction of sp³-hybridized carbons (Fsp3) is 0.346. The van der Waals surface area contributed by atoms with E-state index in [9.17, 15) is 4.39 Å². The van der Waals surface area contributed by atoms with Crippen molar-refractivity contribution >= 4 is 22.8 Å². The number of ether oxygens (including phenoxy) is 1. The summed E-state index contributed by atoms with van der Waals surface area (Å²) in [6.45, 7) is 9.28. The second-order valence-corrected chi connectivity index (χ2v) is 9.03. The van der Waals surface area contributed by atoms with Crippen molar-refractivity contribution in [3.63, 3.8) is 0 Å². The molecular formula is C26H30FN7O. The predicted molar refractivity (Wildman–Crippen MR) is 136 cm³/mol. The summed E-state index contributed by atoms with van der Waals surface area (Å²) < 4.78 is 20.5. The summed E-state index contributed by atoms with van der Waals surface area (Å²) in [6.07, 6.45) is 0. The molecular weight excluding hydrogens is 445 g/mol. The van der Waals surface area contributed by atoms with E-state index in [2.05, 4.69) is 58.4 Å². The topological polar surface area (TPSA) is 94.1 Å². The van der Waals surface area contributed by atoms with Crippen LogP contribution in [0.15, 0.2) is 48.5 Å². The van der Waals surface area contributed by atoms with E-state index in [-0.39, 0.29) is 5.82 Å². The average molecular weight is 476 g/mol. The van der Waals surface area contributed by atoms with Crippen LogP contribution in [0.3, 0.4) is 0 Å². The highest BCUT2D eigenvalue weighted by atomic mass is 19.1. The van der Waals surface area contributed by atoms with Gasteiger partial charge in [-0.2, -0.15) is 4.98 Å². The molecule has 0 amide bonds. The highest BCUT2D eigenvalue weighted by Gasteiger charge is 2.20. The number of benzene rings is 2. The van der Waals surface area contributed by atoms with Crippen LogP contribution in [-0.2, 0) is 4.74 Å². The van der Waals surface area contributed by atoms with Gasteiger partial charge in [0.2, 0.25) is 5.95 Å². The lowest BCUT2D eigenvalue weighted by Crippen LogP contribution is -2.39. The molecule has 0 aliphatic carbocycles. The number of nitrogens with zero attached hydrogens (tertiary/aromatic N) is 5. The second kappa shape index (κ2) is 9.97. The molecule has 5 rings (SSSR count). The number of anilines is 2. The molecule has 0 radical (unpaired) electrons. The van der Waals surface area contributed by atoms with Crippen LogP contribution in [-0.4, -0.2) is 64.0 Å². The van der Waals surface area contributed by atoms with Crippen LogP contribution in [0.2, 0.25) is 0 Å². The van der Waals surface area contributed by atoms with Crippen LogP contribution >= 0.6 is 0 Å². The van der Waals surface area contributed by atoms with Crippen molar-refractivity contribution in [1.29, 1.82) is 0 Å². The minimum atomic E-state index is -0.318. The molecule has 4 aromatic rings. The van der Waals surface area contributed by atoms with E-state index >= 15 is 0 Å². The van der Waals surface area contributed by atoms with Gasteiger partial charge in [0.1, 0.15) is 11.6 Å². The summed E-state index contributed by atoms with van der Waals surface area (Å²) in [6, 6.07) is 14.4. The lowest BCUT2D eigenvalue weighted by Gasteiger charge is -2.26. The summed E-state index contributed by atoms with van der Waals surface area (Å²) >= 11 is 0. The number of nitrogens with two attached hydrogens (primary N) is 1. The number of rotatable bonds is 7. The first-order valence-electron chi connectivity index (χ1n) is 12.0. The van der Waals surface area contributed by atoms with Gasteiger partial charge in [-0.3, -0.25) is 4.90 Å². The van der Waals surface area contributed by atoms with E-state index in [0.717, 1.165) is 38.4 Å². The maximum atomic E-state index is 13.5. The first-order chi connectivity index (χ1) is 17.0. The molecule has 182 valence electrons. The first-order valence-corrected chi connectivity index (χ1v) is 12.0. The Balaban J connectivity index is 1.53. The number of nitrogen functional groups attached to an aromatic ring is 1. The van der Waals surface area contributed by atoms with Crippen molar-refractivity contribution in [2.24, 2.45) is 0 Å². The Morgan fingerprint density at radius 2 is 1.74 bits per heavy atom. The van der Waals surface area contributed by atoms with Gasteiger partial charge >= 0.3 is 0 Å². The van der Waals surface area contributed by atoms with Crippen LogP contribution in [0, 0.1) is 5.82 Å². The number of nitrogens with one attached hydrogen (secondary N) is 1. The Morgan fingerprint density at radius 3 is 2.43 bits per heavy atom. The van der Waals surface area contributed by atoms with E-state index in [1.807, 2.05) is 0 Å². The van der Waals surface area contributed by atoms with E-state index in [4.69, 9.17) is 15.5 Å². The van der Waals surface area contributed by atoms with Crippen molar-refractivity contribution in [3.8, 4) is 16.9 Å². The molecule has 2 aromatic heterocycles. The fourth-order valence-corrected chi connectivity index (χ4v) is 4.26. The van der Waals surface area contributed by atoms with Gasteiger partial charge in [-0.05, 0) is 35.7 Å². The average Bonchev–Trinajstić information content (AvgIpc) is 3.21. The van der Waals surface area contributed by atoms with Gasteiger partial charge in [-0.15, -0.1) is 5.10 Å². The zero-order valence-electron chi connectivity index (χ0n) is 20.0. The standard InChI is InChI=1S/C26H30FN7O/c1-17(2)18-3-5-19(6-4-18)23-22-24(28)34(21-9-7-20(27)8-10-21)32-25(22)31-26(30-23)29-11-12-33-13-15-35-16-14-33/h3-10,17H,11-16,28H2,1-2H3,(H,29,31,32). The van der Waals surface area contributed by atoms with Crippen molar-refractivity contribution < 1.29 is 9.13 Å². The molecule has 0 spiro atoms. The molecule has 8 nitrogen and oxygen atoms in total. The lowest BCUT2D eigenvalue weighted by molar-refractivity contribution is 0.0398. The largest absolute Gasteiger partial charge is 0.383 e. The minimum Gasteiger partial charge on any atom is -0.383 e. The summed E-state index contributed by atoms with van der Waals surface area (Å²) in [5.41, 5.74) is 10.6. The third-order valence-corrected chi connectivity index (χ3v) is 6.31. The normalized spacial score (nSPS) is 14.6. The zero-order chi connectivity index (χ0) is 24.4. The van der Waals surface area contributed by atoms with E-state index < -0.39 is 0 Å². The van der Waals surface area contributed by atoms with Crippen LogP contribution in [0.25, 0.3) is 28.0 Å². The van der Waals surface area contributed by atoms with E-state index in [1.165, 1.54) is 17.7 Å². The van der Waals surface area contributed by atoms with Crippen LogP contribution in [0.1, 0.15) is 25.3 Å². The number of aromatic nitrogens is 4. The number of hydrogen-bond acceptors (Lipinski definition) is 7. The fourth-order valence-electron chi connectivity index (χ4n) is 4.26. The summed E-state index contributed by atoms with van der Waals surface area (Å²) in [5.74, 6) is 1.02. The molecule has 1 saturated heterocycles. The van der Waals surface area contributed by atoms with Gasteiger partial charge in [0.15, 0.2) is 5.65 Å².